The van der Waals surface area contributed by atoms with E-state index in [9.17, 15) is 9.59 Å². The summed E-state index contributed by atoms with van der Waals surface area (Å²) in [5.41, 5.74) is 3.03. The Balaban J connectivity index is 1.42. The Bertz CT molecular complexity index is 1340. The molecule has 178 valence electrons. The van der Waals surface area contributed by atoms with Crippen LogP contribution in [-0.2, 0) is 4.79 Å². The van der Waals surface area contributed by atoms with E-state index in [1.54, 1.807) is 42.3 Å². The van der Waals surface area contributed by atoms with Crippen LogP contribution in [0.5, 0.6) is 11.5 Å². The van der Waals surface area contributed by atoms with Gasteiger partial charge in [-0.1, -0.05) is 42.5 Å². The Morgan fingerprint density at radius 1 is 0.886 bits per heavy atom. The van der Waals surface area contributed by atoms with Crippen LogP contribution in [0.15, 0.2) is 84.9 Å². The molecular weight excluding hydrogens is 440 g/mol. The number of hydrogen-bond donors (Lipinski definition) is 1. The molecule has 1 N–H and O–H groups in total. The van der Waals surface area contributed by atoms with Crippen LogP contribution in [0.1, 0.15) is 22.8 Å². The second kappa shape index (κ2) is 10.7. The normalized spacial score (nSPS) is 10.6. The molecule has 0 heterocycles. The maximum absolute atomic E-state index is 13.3. The Morgan fingerprint density at radius 3 is 2.37 bits per heavy atom. The van der Waals surface area contributed by atoms with Crippen LogP contribution in [0.4, 0.5) is 11.4 Å². The van der Waals surface area contributed by atoms with Crippen molar-refractivity contribution in [2.75, 3.05) is 30.5 Å². The number of nitrogens with one attached hydrogen (secondary N) is 1. The van der Waals surface area contributed by atoms with E-state index in [1.165, 1.54) is 0 Å². The molecule has 4 aromatic rings. The Hall–Kier alpha value is -4.32. The van der Waals surface area contributed by atoms with E-state index >= 15 is 0 Å². The minimum Gasteiger partial charge on any atom is -0.493 e. The standard InChI is InChI=1S/C29H28N2O4/c1-4-31(25-11-7-9-21-8-5-6-10-24(21)25)29(33)22-13-15-23(16-14-22)30-28(32)19-35-26-17-12-20(2)18-27(26)34-3/h5-18H,4,19H2,1-3H3,(H,30,32). The van der Waals surface area contributed by atoms with Crippen molar-refractivity contribution in [2.24, 2.45) is 0 Å². The zero-order valence-corrected chi connectivity index (χ0v) is 20.1. The van der Waals surface area contributed by atoms with Crippen molar-refractivity contribution in [1.29, 1.82) is 0 Å². The zero-order valence-electron chi connectivity index (χ0n) is 20.1. The third-order valence-electron chi connectivity index (χ3n) is 5.71. The number of methoxy groups -OCH3 is 1. The van der Waals surface area contributed by atoms with Crippen molar-refractivity contribution in [2.45, 2.75) is 13.8 Å². The monoisotopic (exact) mass is 468 g/mol. The summed E-state index contributed by atoms with van der Waals surface area (Å²) in [6.07, 6.45) is 0. The predicted molar refractivity (Wildman–Crippen MR) is 140 cm³/mol. The molecular formula is C29H28N2O4. The fraction of sp³-hybridized carbons (Fsp3) is 0.172. The highest BCUT2D eigenvalue weighted by atomic mass is 16.5. The molecule has 0 aliphatic heterocycles. The van der Waals surface area contributed by atoms with Crippen molar-refractivity contribution < 1.29 is 19.1 Å². The van der Waals surface area contributed by atoms with Crippen LogP contribution < -0.4 is 19.7 Å². The van der Waals surface area contributed by atoms with Gasteiger partial charge in [0.1, 0.15) is 0 Å². The van der Waals surface area contributed by atoms with Gasteiger partial charge in [-0.25, -0.2) is 0 Å². The molecule has 0 aliphatic carbocycles. The first-order valence-corrected chi connectivity index (χ1v) is 11.5. The van der Waals surface area contributed by atoms with Gasteiger partial charge in [0.25, 0.3) is 11.8 Å². The molecule has 0 aromatic heterocycles. The van der Waals surface area contributed by atoms with E-state index in [4.69, 9.17) is 9.47 Å². The molecule has 0 atom stereocenters. The van der Waals surface area contributed by atoms with Crippen LogP contribution in [0.25, 0.3) is 10.8 Å². The van der Waals surface area contributed by atoms with Gasteiger partial charge < -0.3 is 19.7 Å². The van der Waals surface area contributed by atoms with Crippen molar-refractivity contribution >= 4 is 34.0 Å². The van der Waals surface area contributed by atoms with Gasteiger partial charge in [0.15, 0.2) is 18.1 Å². The van der Waals surface area contributed by atoms with Crippen LogP contribution in [-0.4, -0.2) is 32.1 Å². The summed E-state index contributed by atoms with van der Waals surface area (Å²) in [6.45, 7) is 4.28. The largest absolute Gasteiger partial charge is 0.493 e. The molecule has 0 saturated heterocycles. The van der Waals surface area contributed by atoms with Gasteiger partial charge in [-0.05, 0) is 67.3 Å². The predicted octanol–water partition coefficient (Wildman–Crippen LogP) is 5.84. The lowest BCUT2D eigenvalue weighted by atomic mass is 10.1. The lowest BCUT2D eigenvalue weighted by molar-refractivity contribution is -0.118. The molecule has 6 heteroatoms. The molecule has 0 fully saturated rings. The number of fused-ring (bicyclic) bond motifs is 1. The van der Waals surface area contributed by atoms with E-state index in [0.717, 1.165) is 22.0 Å². The van der Waals surface area contributed by atoms with Crippen molar-refractivity contribution in [3.63, 3.8) is 0 Å². The first-order valence-electron chi connectivity index (χ1n) is 11.5. The maximum Gasteiger partial charge on any atom is 0.262 e. The molecule has 0 saturated carbocycles. The van der Waals surface area contributed by atoms with Gasteiger partial charge in [-0.15, -0.1) is 0 Å². The third-order valence-corrected chi connectivity index (χ3v) is 5.71. The van der Waals surface area contributed by atoms with Crippen LogP contribution in [0.2, 0.25) is 0 Å². The van der Waals surface area contributed by atoms with Gasteiger partial charge in [-0.3, -0.25) is 9.59 Å². The third kappa shape index (κ3) is 5.44. The molecule has 35 heavy (non-hydrogen) atoms. The SMILES string of the molecule is CCN(C(=O)c1ccc(NC(=O)COc2ccc(C)cc2OC)cc1)c1cccc2ccccc12. The van der Waals surface area contributed by atoms with Crippen LogP contribution >= 0.6 is 0 Å². The van der Waals surface area contributed by atoms with Crippen molar-refractivity contribution in [1.82, 2.24) is 0 Å². The average molecular weight is 469 g/mol. The van der Waals surface area contributed by atoms with E-state index in [-0.39, 0.29) is 18.4 Å². The van der Waals surface area contributed by atoms with E-state index in [1.807, 2.05) is 68.4 Å². The Labute approximate surface area is 205 Å². The van der Waals surface area contributed by atoms with Crippen molar-refractivity contribution in [3.05, 3.63) is 96.1 Å². The fourth-order valence-corrected chi connectivity index (χ4v) is 3.95. The number of ether oxygens (including phenoxy) is 2. The maximum atomic E-state index is 13.3. The molecule has 0 unspecified atom stereocenters. The molecule has 6 nitrogen and oxygen atoms in total. The number of hydrogen-bond acceptors (Lipinski definition) is 4. The van der Waals surface area contributed by atoms with Crippen LogP contribution in [0, 0.1) is 6.92 Å². The quantitative estimate of drug-likeness (QED) is 0.353. The number of carbonyl (C=O) groups is 2. The number of rotatable bonds is 8. The minimum absolute atomic E-state index is 0.100. The summed E-state index contributed by atoms with van der Waals surface area (Å²) >= 11 is 0. The number of aryl methyl sites for hydroxylation is 1. The molecule has 0 radical (unpaired) electrons. The first-order chi connectivity index (χ1) is 17.0. The summed E-state index contributed by atoms with van der Waals surface area (Å²) in [6, 6.07) is 26.4. The van der Waals surface area contributed by atoms with Gasteiger partial charge in [0, 0.05) is 23.2 Å². The van der Waals surface area contributed by atoms with Gasteiger partial charge in [0.05, 0.1) is 12.8 Å². The number of amides is 2. The molecule has 0 spiro atoms. The highest BCUT2D eigenvalue weighted by Gasteiger charge is 2.18. The van der Waals surface area contributed by atoms with E-state index in [0.29, 0.717) is 29.3 Å². The minimum atomic E-state index is -0.308. The zero-order chi connectivity index (χ0) is 24.8. The summed E-state index contributed by atoms with van der Waals surface area (Å²) in [5, 5.41) is 4.91. The highest BCUT2D eigenvalue weighted by Crippen LogP contribution is 2.29. The summed E-state index contributed by atoms with van der Waals surface area (Å²) in [4.78, 5) is 27.4. The summed E-state index contributed by atoms with van der Waals surface area (Å²) < 4.78 is 10.9. The summed E-state index contributed by atoms with van der Waals surface area (Å²) in [7, 11) is 1.56. The molecule has 4 aromatic carbocycles. The number of carbonyl (C=O) groups excluding carboxylic acids is 2. The molecule has 2 amide bonds. The smallest absolute Gasteiger partial charge is 0.262 e. The van der Waals surface area contributed by atoms with Gasteiger partial charge in [-0.2, -0.15) is 0 Å². The topological polar surface area (TPSA) is 67.9 Å². The highest BCUT2D eigenvalue weighted by molar-refractivity contribution is 6.11. The van der Waals surface area contributed by atoms with E-state index < -0.39 is 0 Å². The average Bonchev–Trinajstić information content (AvgIpc) is 2.88. The van der Waals surface area contributed by atoms with Crippen molar-refractivity contribution in [3.8, 4) is 11.5 Å². The fourth-order valence-electron chi connectivity index (χ4n) is 3.95. The number of nitrogens with zero attached hydrogens (tertiary/aromatic N) is 1. The first kappa shape index (κ1) is 23.8. The summed E-state index contributed by atoms with van der Waals surface area (Å²) in [5.74, 6) is 0.670. The molecule has 0 aliphatic rings. The second-order valence-electron chi connectivity index (χ2n) is 8.12. The Morgan fingerprint density at radius 2 is 1.63 bits per heavy atom. The Kier molecular flexibility index (Phi) is 7.31. The lowest BCUT2D eigenvalue weighted by Crippen LogP contribution is -2.30. The molecule has 4 rings (SSSR count). The van der Waals surface area contributed by atoms with Crippen LogP contribution in [0.3, 0.4) is 0 Å². The number of benzene rings is 4. The lowest BCUT2D eigenvalue weighted by Gasteiger charge is -2.23. The van der Waals surface area contributed by atoms with E-state index in [2.05, 4.69) is 5.32 Å². The number of anilines is 2. The molecule has 0 bridgehead atoms. The second-order valence-corrected chi connectivity index (χ2v) is 8.12. The van der Waals surface area contributed by atoms with Gasteiger partial charge in [0.2, 0.25) is 0 Å². The van der Waals surface area contributed by atoms with Gasteiger partial charge >= 0.3 is 0 Å².